The van der Waals surface area contributed by atoms with E-state index >= 15 is 0 Å². The van der Waals surface area contributed by atoms with Crippen molar-refractivity contribution in [1.82, 2.24) is 34.2 Å². The minimum Gasteiger partial charge on any atom is -0.507 e. The number of aliphatic hydroxyl groups is 3. The number of fused-ring (bicyclic) bond motifs is 7. The van der Waals surface area contributed by atoms with Crippen LogP contribution in [0.5, 0.6) is 51.9 Å². The zero-order chi connectivity index (χ0) is 107. The zero-order valence-electron chi connectivity index (χ0n) is 86.2. The maximum Gasteiger partial charge on any atom is 0.352 e. The summed E-state index contributed by atoms with van der Waals surface area (Å²) in [5.41, 5.74) is 25.7. The first-order chi connectivity index (χ1) is 70.8. The van der Waals surface area contributed by atoms with Gasteiger partial charge in [0.05, 0.1) is 78.1 Å². The predicted octanol–water partition coefficient (Wildman–Crippen LogP) is 14.6. The van der Waals surface area contributed by atoms with Gasteiger partial charge in [0, 0.05) is 111 Å². The monoisotopic (exact) mass is 2050 g/mol. The minimum absolute atomic E-state index is 0. The molecule has 2 saturated heterocycles. The van der Waals surface area contributed by atoms with Crippen molar-refractivity contribution in [3.8, 4) is 51.9 Å². The number of hydrogen-bond donors (Lipinski definition) is 10. The largest absolute Gasteiger partial charge is 0.507 e. The first kappa shape index (κ1) is 112. The third-order valence-corrected chi connectivity index (χ3v) is 27.8. The van der Waals surface area contributed by atoms with Gasteiger partial charge in [-0.3, -0.25) is 34.5 Å². The minimum atomic E-state index is -1.99. The standard InChI is InChI=1S/C28H31NO10.C28H31NO9.C27H31NO.C26H29NO.C6H8N6O2.ClH/c1-4-17(30)28(36)9-13-20(16(10-28)39-18-8-14(29)23(31)11(2)38-18)27(35)22-21(25(13)33)24(32)12-6-5-7-15(37-3)19(12)26(22)34;1-11-12(2)37-19(8-16(11)29)38-18-10-28(35,13(3)30)9-15-21(18)27(34)23-22(25(15)32)24(31)14-6-5-7-17(36-4)20(14)26(23)33;1-5-26(22-9-7-6-8-10-22)27(23-13-11-21(2)12-14-23)24-15-17-25(18-16-24)29-20-19-28(3)4;1-4-25(21-11-7-5-8-12-21)26(22-13-9-6-10-14-22)23-15-17-24(18-16-23)28-20-19-27(2)3;1-11-6(13)12-3-8-5(14-2-7)4(12)9-10-11;/h5-7,11,14,16,18,23,31,33,35-36H,4,8-10,29H2,1-3H3;5-7,11-12,16,18-19,32,34-35H,8-10,29H2,1-4H3;6-18H,5,19-20H2,1-4H3;5-18H,4,19-20H2,1-3H3;3H,2,7H2,1H3;1H/b;;27-26-;26-25-;;/t11?,14?,16-,18?,23?,28-;11?,12?,16?,18-,19?,28-;;;;/m00..../s1. The number of phenols is 4. The van der Waals surface area contributed by atoms with Crippen molar-refractivity contribution >= 4 is 75.0 Å². The lowest BCUT2D eigenvalue weighted by atomic mass is 9.71. The number of methoxy groups -OCH3 is 2. The smallest absolute Gasteiger partial charge is 0.352 e. The van der Waals surface area contributed by atoms with E-state index < -0.39 is 135 Å². The number of Topliss-reactive ketones (excluding diaryl/α,β-unsaturated/α-hetero) is 2. The van der Waals surface area contributed by atoms with Crippen molar-refractivity contribution < 1.29 is 107 Å². The summed E-state index contributed by atoms with van der Waals surface area (Å²) >= 11 is 0. The molecule has 12 aromatic rings. The highest BCUT2D eigenvalue weighted by molar-refractivity contribution is 6.32. The molecule has 33 nitrogen and oxygen atoms in total. The molecule has 4 heterocycles. The zero-order valence-corrected chi connectivity index (χ0v) is 87.1. The van der Waals surface area contributed by atoms with Crippen molar-refractivity contribution in [2.24, 2.45) is 30.2 Å². The van der Waals surface area contributed by atoms with Gasteiger partial charge in [0.2, 0.25) is 17.2 Å². The van der Waals surface area contributed by atoms with Crippen LogP contribution >= 0.6 is 12.4 Å². The molecule has 0 spiro atoms. The number of imidazole rings is 1. The number of nitrogens with two attached hydrogens (primary N) is 3. The molecule has 12 atom stereocenters. The lowest BCUT2D eigenvalue weighted by Gasteiger charge is -2.42. The summed E-state index contributed by atoms with van der Waals surface area (Å²) in [7, 11) is 12.4. The first-order valence-electron chi connectivity index (χ1n) is 49.4. The third-order valence-electron chi connectivity index (χ3n) is 27.8. The van der Waals surface area contributed by atoms with Crippen molar-refractivity contribution in [2.75, 3.05) is 75.4 Å². The fourth-order valence-corrected chi connectivity index (χ4v) is 19.6. The normalized spacial score (nSPS) is 21.1. The summed E-state index contributed by atoms with van der Waals surface area (Å²) in [4.78, 5) is 99.3. The number of phenolic OH excluding ortho intramolecular Hbond substituents is 4. The van der Waals surface area contributed by atoms with Gasteiger partial charge in [0.1, 0.15) is 83.5 Å². The van der Waals surface area contributed by atoms with Gasteiger partial charge in [0.15, 0.2) is 35.7 Å². The Morgan fingerprint density at radius 3 is 1.31 bits per heavy atom. The molecule has 2 aliphatic heterocycles. The van der Waals surface area contributed by atoms with Crippen LogP contribution in [0.15, 0.2) is 211 Å². The molecule has 149 heavy (non-hydrogen) atoms. The van der Waals surface area contributed by atoms with Crippen molar-refractivity contribution in [1.29, 1.82) is 0 Å². The van der Waals surface area contributed by atoms with Crippen LogP contribution in [-0.2, 0) is 48.4 Å². The van der Waals surface area contributed by atoms with E-state index in [1.165, 1.54) is 137 Å². The molecule has 34 heteroatoms. The Bertz CT molecular complexity index is 6960. The molecule has 8 unspecified atom stereocenters. The number of ketones is 6. The van der Waals surface area contributed by atoms with E-state index in [0.29, 0.717) is 19.6 Å². The molecule has 10 aromatic carbocycles. The number of aryl methyl sites for hydroxylation is 2. The van der Waals surface area contributed by atoms with Crippen LogP contribution in [0.3, 0.4) is 0 Å². The lowest BCUT2D eigenvalue weighted by molar-refractivity contribution is -0.247. The second-order valence-corrected chi connectivity index (χ2v) is 38.1. The summed E-state index contributed by atoms with van der Waals surface area (Å²) in [5, 5.41) is 85.9. The summed E-state index contributed by atoms with van der Waals surface area (Å²) in [6.07, 6.45) is -3.83. The fraction of sp³-hybridized carbons (Fsp3) is 0.357. The highest BCUT2D eigenvalue weighted by Gasteiger charge is 2.53. The number of halogens is 1. The third kappa shape index (κ3) is 24.1. The summed E-state index contributed by atoms with van der Waals surface area (Å²) in [6.45, 7) is 18.0. The highest BCUT2D eigenvalue weighted by Crippen LogP contribution is 2.56. The van der Waals surface area contributed by atoms with E-state index in [4.69, 9.17) is 59.8 Å². The van der Waals surface area contributed by atoms with Crippen LogP contribution in [-0.4, -0.2) is 234 Å². The number of aromatic hydroxyl groups is 4. The molecule has 2 fully saturated rings. The van der Waals surface area contributed by atoms with Crippen LogP contribution in [0.25, 0.3) is 27.9 Å². The number of likely N-dealkylation sites (N-methyl/N-ethyl adjacent to an activating group) is 2. The molecule has 0 bridgehead atoms. The SMILES string of the molecule is CC/C(=C(\c1ccc(C)cc1)c1ccc(OCCN(C)C)cc1)c1ccccc1.CC/C(=C(\c1ccccc1)c1ccc(OCCN(C)C)cc1)c1ccccc1.CCC(=O)[C@]1(O)Cc2c(O)c3c(c(O)c2[C@@H](OC2CC(N)C(O)C(C)O2)C1)C(=O)c1c(OC)cccc1C3=O.COc1cccc2c1C(=O)c1c(O)c3c(c(O)c1C2=O)C[C@@](O)(C(C)=O)C[C@@H]3OC1CC(N)C(C)C(C)O1.Cl.Cn1nnc2c(OCN)ncn2c1=O. The number of allylic oxidation sites excluding steroid dienone is 2. The Morgan fingerprint density at radius 1 is 0.503 bits per heavy atom. The Kier molecular flexibility index (Phi) is 36.9. The van der Waals surface area contributed by atoms with E-state index in [9.17, 15) is 69.3 Å². The Labute approximate surface area is 871 Å². The molecular formula is C115H131ClN10O23. The van der Waals surface area contributed by atoms with Gasteiger partial charge < -0.3 is 99.6 Å². The number of aliphatic hydroxyl groups excluding tert-OH is 1. The molecular weight excluding hydrogens is 1920 g/mol. The van der Waals surface area contributed by atoms with Crippen molar-refractivity contribution in [3.63, 3.8) is 0 Å². The van der Waals surface area contributed by atoms with E-state index in [1.54, 1.807) is 13.8 Å². The molecule has 0 amide bonds. The average molecular weight is 2060 g/mol. The quantitative estimate of drug-likeness (QED) is 0.0130. The molecule has 0 radical (unpaired) electrons. The highest BCUT2D eigenvalue weighted by atomic mass is 35.5. The van der Waals surface area contributed by atoms with Crippen LogP contribution < -0.4 is 46.6 Å². The van der Waals surface area contributed by atoms with Gasteiger partial charge in [-0.05, 0) is 167 Å². The van der Waals surface area contributed by atoms with Crippen LogP contribution in [0.2, 0.25) is 0 Å². The summed E-state index contributed by atoms with van der Waals surface area (Å²) in [6, 6.07) is 65.9. The van der Waals surface area contributed by atoms with E-state index in [-0.39, 0.29) is 148 Å². The molecule has 13 N–H and O–H groups in total. The number of benzene rings is 10. The van der Waals surface area contributed by atoms with Crippen molar-refractivity contribution in [3.05, 3.63) is 323 Å². The van der Waals surface area contributed by atoms with Crippen LogP contribution in [0.1, 0.15) is 231 Å². The maximum absolute atomic E-state index is 13.7. The number of rotatable bonds is 27. The molecule has 6 aliphatic rings. The second-order valence-electron chi connectivity index (χ2n) is 38.1. The summed E-state index contributed by atoms with van der Waals surface area (Å²) in [5.74, 6) is -3.94. The van der Waals surface area contributed by atoms with E-state index in [1.807, 2.05) is 13.8 Å². The number of carbonyl (C=O) groups excluding carboxylic acids is 6. The van der Waals surface area contributed by atoms with Gasteiger partial charge in [-0.15, -0.1) is 17.5 Å². The Hall–Kier alpha value is -14.0. The molecule has 18 rings (SSSR count). The van der Waals surface area contributed by atoms with Crippen LogP contribution in [0.4, 0.5) is 0 Å². The number of aromatic nitrogens is 5. The van der Waals surface area contributed by atoms with Gasteiger partial charge >= 0.3 is 5.69 Å². The second kappa shape index (κ2) is 49.0. The van der Waals surface area contributed by atoms with Crippen molar-refractivity contribution in [2.45, 2.75) is 180 Å². The molecule has 0 saturated carbocycles. The fourth-order valence-electron chi connectivity index (χ4n) is 19.6. The van der Waals surface area contributed by atoms with Gasteiger partial charge in [-0.2, -0.15) is 9.67 Å². The van der Waals surface area contributed by atoms with Crippen LogP contribution in [0, 0.1) is 12.8 Å². The van der Waals surface area contributed by atoms with E-state index in [0.717, 1.165) is 42.1 Å². The van der Waals surface area contributed by atoms with Gasteiger partial charge in [-0.1, -0.05) is 202 Å². The molecule has 786 valence electrons. The van der Waals surface area contributed by atoms with Gasteiger partial charge in [0.25, 0.3) is 5.88 Å². The average Bonchev–Trinajstić information content (AvgIpc) is 1.00. The Balaban J connectivity index is 0.000000159. The topological polar surface area (TPSA) is 477 Å². The van der Waals surface area contributed by atoms with Gasteiger partial charge in [-0.25, -0.2) is 9.20 Å². The Morgan fingerprint density at radius 2 is 0.906 bits per heavy atom. The number of ether oxygens (including phenoxy) is 9. The molecule has 2 aromatic heterocycles. The predicted molar refractivity (Wildman–Crippen MR) is 565 cm³/mol. The number of nitrogens with zero attached hydrogens (tertiary/aromatic N) is 7. The summed E-state index contributed by atoms with van der Waals surface area (Å²) < 4.78 is 53.6. The first-order valence-corrected chi connectivity index (χ1v) is 49.4. The lowest BCUT2D eigenvalue weighted by Crippen LogP contribution is -2.52. The maximum atomic E-state index is 13.7. The molecule has 4 aliphatic carbocycles. The number of carbonyl (C=O) groups is 6. The van der Waals surface area contributed by atoms with E-state index in [2.05, 4.69) is 238 Å². The number of hydrogen-bond acceptors (Lipinski definition) is 31.